The van der Waals surface area contributed by atoms with Crippen LogP contribution in [0.25, 0.3) is 0 Å². The van der Waals surface area contributed by atoms with E-state index in [1.165, 1.54) is 5.56 Å². The SMILES string of the molecule is CC(COc1cccc(C(C)(C)C)c1)C(N)=S. The summed E-state index contributed by atoms with van der Waals surface area (Å²) < 4.78 is 5.70. The van der Waals surface area contributed by atoms with Gasteiger partial charge >= 0.3 is 0 Å². The second kappa shape index (κ2) is 5.50. The largest absolute Gasteiger partial charge is 0.493 e. The molecule has 1 atom stereocenters. The van der Waals surface area contributed by atoms with Crippen LogP contribution in [0.15, 0.2) is 24.3 Å². The highest BCUT2D eigenvalue weighted by atomic mass is 32.1. The highest BCUT2D eigenvalue weighted by molar-refractivity contribution is 7.80. The molecule has 1 unspecified atom stereocenters. The van der Waals surface area contributed by atoms with E-state index < -0.39 is 0 Å². The monoisotopic (exact) mass is 251 g/mol. The number of ether oxygens (including phenoxy) is 1. The van der Waals surface area contributed by atoms with Crippen LogP contribution in [-0.2, 0) is 5.41 Å². The van der Waals surface area contributed by atoms with Gasteiger partial charge in [0.05, 0.1) is 11.6 Å². The Balaban J connectivity index is 2.70. The second-order valence-electron chi connectivity index (χ2n) is 5.39. The Labute approximate surface area is 109 Å². The van der Waals surface area contributed by atoms with Crippen LogP contribution in [0.3, 0.4) is 0 Å². The predicted molar refractivity (Wildman–Crippen MR) is 76.6 cm³/mol. The molecule has 0 saturated carbocycles. The Morgan fingerprint density at radius 3 is 2.59 bits per heavy atom. The summed E-state index contributed by atoms with van der Waals surface area (Å²) in [6.45, 7) is 9.05. The quantitative estimate of drug-likeness (QED) is 0.834. The van der Waals surface area contributed by atoms with Crippen LogP contribution < -0.4 is 10.5 Å². The van der Waals surface area contributed by atoms with E-state index in [0.29, 0.717) is 11.6 Å². The maximum atomic E-state index is 5.70. The highest BCUT2D eigenvalue weighted by Gasteiger charge is 2.14. The average molecular weight is 251 g/mol. The van der Waals surface area contributed by atoms with Gasteiger partial charge in [0.15, 0.2) is 0 Å². The van der Waals surface area contributed by atoms with Gasteiger partial charge in [0, 0.05) is 5.92 Å². The highest BCUT2D eigenvalue weighted by Crippen LogP contribution is 2.25. The number of nitrogens with two attached hydrogens (primary N) is 1. The molecule has 0 bridgehead atoms. The molecule has 0 aliphatic heterocycles. The standard InChI is InChI=1S/C14H21NOS/c1-10(13(15)17)9-16-12-7-5-6-11(8-12)14(2,3)4/h5-8,10H,9H2,1-4H3,(H2,15,17). The van der Waals surface area contributed by atoms with Gasteiger partial charge in [-0.05, 0) is 23.1 Å². The molecular formula is C14H21NOS. The average Bonchev–Trinajstić information content (AvgIpc) is 2.25. The van der Waals surface area contributed by atoms with E-state index in [4.69, 9.17) is 22.7 Å². The van der Waals surface area contributed by atoms with Crippen molar-refractivity contribution in [3.63, 3.8) is 0 Å². The zero-order valence-electron chi connectivity index (χ0n) is 11.0. The van der Waals surface area contributed by atoms with Crippen LogP contribution in [-0.4, -0.2) is 11.6 Å². The normalized spacial score (nSPS) is 13.2. The van der Waals surface area contributed by atoms with Gasteiger partial charge in [-0.1, -0.05) is 52.0 Å². The molecule has 1 aromatic rings. The van der Waals surface area contributed by atoms with Gasteiger partial charge in [0.1, 0.15) is 5.75 Å². The Kier molecular flexibility index (Phi) is 4.52. The second-order valence-corrected chi connectivity index (χ2v) is 5.86. The van der Waals surface area contributed by atoms with Crippen molar-refractivity contribution in [1.29, 1.82) is 0 Å². The van der Waals surface area contributed by atoms with E-state index >= 15 is 0 Å². The zero-order chi connectivity index (χ0) is 13.1. The first-order valence-electron chi connectivity index (χ1n) is 5.83. The molecule has 2 nitrogen and oxygen atoms in total. The van der Waals surface area contributed by atoms with Crippen molar-refractivity contribution in [3.05, 3.63) is 29.8 Å². The minimum Gasteiger partial charge on any atom is -0.493 e. The molecule has 3 heteroatoms. The summed E-state index contributed by atoms with van der Waals surface area (Å²) in [6, 6.07) is 8.17. The van der Waals surface area contributed by atoms with Crippen LogP contribution in [0.2, 0.25) is 0 Å². The molecule has 0 radical (unpaired) electrons. The number of rotatable bonds is 4. The lowest BCUT2D eigenvalue weighted by molar-refractivity contribution is 0.292. The molecule has 0 aliphatic carbocycles. The van der Waals surface area contributed by atoms with Crippen LogP contribution in [0, 0.1) is 5.92 Å². The third kappa shape index (κ3) is 4.35. The van der Waals surface area contributed by atoms with Crippen molar-refractivity contribution in [1.82, 2.24) is 0 Å². The first-order valence-corrected chi connectivity index (χ1v) is 6.24. The summed E-state index contributed by atoms with van der Waals surface area (Å²) in [6.07, 6.45) is 0. The van der Waals surface area contributed by atoms with Crippen LogP contribution in [0.1, 0.15) is 33.3 Å². The maximum Gasteiger partial charge on any atom is 0.119 e. The molecule has 0 heterocycles. The Morgan fingerprint density at radius 1 is 1.41 bits per heavy atom. The van der Waals surface area contributed by atoms with E-state index in [1.54, 1.807) is 0 Å². The number of hydrogen-bond donors (Lipinski definition) is 1. The molecule has 0 aliphatic rings. The summed E-state index contributed by atoms with van der Waals surface area (Å²) >= 11 is 4.92. The summed E-state index contributed by atoms with van der Waals surface area (Å²) in [7, 11) is 0. The minimum atomic E-state index is 0.100. The van der Waals surface area contributed by atoms with Crippen LogP contribution >= 0.6 is 12.2 Å². The fourth-order valence-electron chi connectivity index (χ4n) is 1.36. The van der Waals surface area contributed by atoms with E-state index in [1.807, 2.05) is 19.1 Å². The molecule has 0 saturated heterocycles. The number of benzene rings is 1. The smallest absolute Gasteiger partial charge is 0.119 e. The van der Waals surface area contributed by atoms with Crippen molar-refractivity contribution in [2.24, 2.45) is 11.7 Å². The fourth-order valence-corrected chi connectivity index (χ4v) is 1.42. The minimum absolute atomic E-state index is 0.100. The predicted octanol–water partition coefficient (Wildman–Crippen LogP) is 3.29. The first-order chi connectivity index (χ1) is 7.80. The molecule has 1 rings (SSSR count). The van der Waals surface area contributed by atoms with Crippen molar-refractivity contribution in [2.45, 2.75) is 33.1 Å². The van der Waals surface area contributed by atoms with Crippen LogP contribution in [0.5, 0.6) is 5.75 Å². The van der Waals surface area contributed by atoms with Crippen LogP contribution in [0.4, 0.5) is 0 Å². The number of hydrogen-bond acceptors (Lipinski definition) is 2. The molecule has 94 valence electrons. The van der Waals surface area contributed by atoms with Crippen molar-refractivity contribution in [2.75, 3.05) is 6.61 Å². The molecule has 0 amide bonds. The molecular weight excluding hydrogens is 230 g/mol. The van der Waals surface area contributed by atoms with Gasteiger partial charge in [-0.15, -0.1) is 0 Å². The van der Waals surface area contributed by atoms with E-state index in [9.17, 15) is 0 Å². The van der Waals surface area contributed by atoms with Gasteiger partial charge in [-0.3, -0.25) is 0 Å². The summed E-state index contributed by atoms with van der Waals surface area (Å²) in [4.78, 5) is 0.497. The molecule has 1 aromatic carbocycles. The first kappa shape index (κ1) is 14.0. The summed E-state index contributed by atoms with van der Waals surface area (Å²) in [5, 5.41) is 0. The topological polar surface area (TPSA) is 35.2 Å². The maximum absolute atomic E-state index is 5.70. The Morgan fingerprint density at radius 2 is 2.06 bits per heavy atom. The molecule has 17 heavy (non-hydrogen) atoms. The molecule has 0 fully saturated rings. The lowest BCUT2D eigenvalue weighted by atomic mass is 9.87. The lowest BCUT2D eigenvalue weighted by Crippen LogP contribution is -2.24. The fraction of sp³-hybridized carbons (Fsp3) is 0.500. The van der Waals surface area contributed by atoms with Gasteiger partial charge < -0.3 is 10.5 Å². The third-order valence-electron chi connectivity index (χ3n) is 2.69. The molecule has 0 spiro atoms. The molecule has 0 aromatic heterocycles. The van der Waals surface area contributed by atoms with Gasteiger partial charge in [-0.2, -0.15) is 0 Å². The van der Waals surface area contributed by atoms with Gasteiger partial charge in [-0.25, -0.2) is 0 Å². The van der Waals surface area contributed by atoms with E-state index in [2.05, 4.69) is 32.9 Å². The van der Waals surface area contributed by atoms with Crippen molar-refractivity contribution < 1.29 is 4.74 Å². The van der Waals surface area contributed by atoms with Crippen molar-refractivity contribution in [3.8, 4) is 5.75 Å². The Hall–Kier alpha value is -1.09. The van der Waals surface area contributed by atoms with Gasteiger partial charge in [0.25, 0.3) is 0 Å². The Bertz CT molecular complexity index is 395. The van der Waals surface area contributed by atoms with E-state index in [-0.39, 0.29) is 11.3 Å². The van der Waals surface area contributed by atoms with E-state index in [0.717, 1.165) is 5.75 Å². The lowest BCUT2D eigenvalue weighted by Gasteiger charge is -2.20. The molecule has 2 N–H and O–H groups in total. The summed E-state index contributed by atoms with van der Waals surface area (Å²) in [5.74, 6) is 0.976. The van der Waals surface area contributed by atoms with Gasteiger partial charge in [0.2, 0.25) is 0 Å². The number of thiocarbonyl (C=S) groups is 1. The zero-order valence-corrected chi connectivity index (χ0v) is 11.8. The summed E-state index contributed by atoms with van der Waals surface area (Å²) in [5.41, 5.74) is 6.95. The van der Waals surface area contributed by atoms with Crippen molar-refractivity contribution >= 4 is 17.2 Å². The third-order valence-corrected chi connectivity index (χ3v) is 3.09.